The minimum Gasteiger partial charge on any atom is -0.456 e. The van der Waals surface area contributed by atoms with E-state index in [9.17, 15) is 0 Å². The highest BCUT2D eigenvalue weighted by Gasteiger charge is 2.16. The zero-order chi connectivity index (χ0) is 31.2. The van der Waals surface area contributed by atoms with Gasteiger partial charge in [-0.25, -0.2) is 15.0 Å². The van der Waals surface area contributed by atoms with Crippen molar-refractivity contribution in [3.8, 4) is 56.4 Å². The lowest BCUT2D eigenvalue weighted by molar-refractivity contribution is 0.669. The van der Waals surface area contributed by atoms with E-state index in [0.717, 1.165) is 60.5 Å². The Bertz CT molecular complexity index is 2440. The maximum Gasteiger partial charge on any atom is 0.164 e. The number of aromatic nitrogens is 3. The highest BCUT2D eigenvalue weighted by atomic mass is 16.3. The molecule has 0 saturated heterocycles. The molecule has 0 N–H and O–H groups in total. The molecule has 7 aromatic carbocycles. The van der Waals surface area contributed by atoms with Gasteiger partial charge in [0.2, 0.25) is 0 Å². The molecule has 2 heterocycles. The Morgan fingerprint density at radius 3 is 1.36 bits per heavy atom. The number of hydrogen-bond acceptors (Lipinski definition) is 4. The fourth-order valence-electron chi connectivity index (χ4n) is 6.33. The molecule has 0 amide bonds. The maximum atomic E-state index is 6.20. The number of para-hydroxylation sites is 1. The van der Waals surface area contributed by atoms with Gasteiger partial charge in [0, 0.05) is 27.5 Å². The van der Waals surface area contributed by atoms with E-state index in [-0.39, 0.29) is 0 Å². The minimum absolute atomic E-state index is 0.621. The molecular formula is C43H27N3O. The van der Waals surface area contributed by atoms with Crippen molar-refractivity contribution in [3.05, 3.63) is 164 Å². The molecule has 220 valence electrons. The first-order chi connectivity index (χ1) is 23.3. The third-order valence-corrected chi connectivity index (χ3v) is 8.75. The average Bonchev–Trinajstić information content (AvgIpc) is 3.55. The molecule has 0 unspecified atom stereocenters. The predicted octanol–water partition coefficient (Wildman–Crippen LogP) is 11.3. The first-order valence-electron chi connectivity index (χ1n) is 15.7. The molecule has 9 aromatic rings. The number of benzene rings is 7. The zero-order valence-electron chi connectivity index (χ0n) is 25.3. The molecular weight excluding hydrogens is 574 g/mol. The molecule has 0 bridgehead atoms. The van der Waals surface area contributed by atoms with Crippen molar-refractivity contribution < 1.29 is 4.42 Å². The van der Waals surface area contributed by atoms with E-state index >= 15 is 0 Å². The molecule has 0 fully saturated rings. The Kier molecular flexibility index (Phi) is 6.43. The van der Waals surface area contributed by atoms with Gasteiger partial charge in [0.15, 0.2) is 17.5 Å². The van der Waals surface area contributed by atoms with E-state index in [0.29, 0.717) is 17.5 Å². The van der Waals surface area contributed by atoms with Gasteiger partial charge in [-0.1, -0.05) is 146 Å². The summed E-state index contributed by atoms with van der Waals surface area (Å²) in [7, 11) is 0. The molecule has 0 atom stereocenters. The summed E-state index contributed by atoms with van der Waals surface area (Å²) in [5, 5.41) is 4.44. The summed E-state index contributed by atoms with van der Waals surface area (Å²) in [6.45, 7) is 0. The van der Waals surface area contributed by atoms with Crippen LogP contribution in [0.3, 0.4) is 0 Å². The highest BCUT2D eigenvalue weighted by molar-refractivity contribution is 6.19. The monoisotopic (exact) mass is 601 g/mol. The van der Waals surface area contributed by atoms with Crippen LogP contribution in [0.5, 0.6) is 0 Å². The van der Waals surface area contributed by atoms with Crippen LogP contribution in [0.1, 0.15) is 0 Å². The van der Waals surface area contributed by atoms with Crippen molar-refractivity contribution in [2.75, 3.05) is 0 Å². The van der Waals surface area contributed by atoms with E-state index in [1.807, 2.05) is 24.3 Å². The molecule has 0 saturated carbocycles. The number of rotatable bonds is 5. The third-order valence-electron chi connectivity index (χ3n) is 8.75. The summed E-state index contributed by atoms with van der Waals surface area (Å²) in [6.07, 6.45) is 0. The molecule has 2 aromatic heterocycles. The summed E-state index contributed by atoms with van der Waals surface area (Å²) in [5.41, 5.74) is 9.15. The minimum atomic E-state index is 0.621. The number of fused-ring (bicyclic) bond motifs is 5. The van der Waals surface area contributed by atoms with E-state index in [4.69, 9.17) is 19.4 Å². The number of furan rings is 1. The number of hydrogen-bond donors (Lipinski definition) is 0. The summed E-state index contributed by atoms with van der Waals surface area (Å²) < 4.78 is 6.20. The lowest BCUT2D eigenvalue weighted by Gasteiger charge is -2.10. The molecule has 0 radical (unpaired) electrons. The smallest absolute Gasteiger partial charge is 0.164 e. The molecule has 0 spiro atoms. The van der Waals surface area contributed by atoms with Crippen LogP contribution in [-0.4, -0.2) is 15.0 Å². The van der Waals surface area contributed by atoms with Gasteiger partial charge in [0.05, 0.1) is 0 Å². The van der Waals surface area contributed by atoms with Gasteiger partial charge in [0.1, 0.15) is 11.2 Å². The van der Waals surface area contributed by atoms with Crippen LogP contribution in [0, 0.1) is 0 Å². The fraction of sp³-hybridized carbons (Fsp3) is 0. The Hall–Kier alpha value is -6.39. The zero-order valence-corrected chi connectivity index (χ0v) is 25.3. The van der Waals surface area contributed by atoms with Crippen molar-refractivity contribution >= 4 is 32.7 Å². The van der Waals surface area contributed by atoms with Crippen molar-refractivity contribution in [3.63, 3.8) is 0 Å². The molecule has 0 aliphatic rings. The third kappa shape index (κ3) is 4.93. The summed E-state index contributed by atoms with van der Waals surface area (Å²) in [4.78, 5) is 15.1. The second kappa shape index (κ2) is 11.2. The van der Waals surface area contributed by atoms with E-state index in [1.54, 1.807) is 0 Å². The van der Waals surface area contributed by atoms with Crippen LogP contribution in [0.15, 0.2) is 168 Å². The second-order valence-electron chi connectivity index (χ2n) is 11.7. The second-order valence-corrected chi connectivity index (χ2v) is 11.7. The normalized spacial score (nSPS) is 11.4. The first kappa shape index (κ1) is 27.0. The molecule has 0 aliphatic carbocycles. The fourth-order valence-corrected chi connectivity index (χ4v) is 6.33. The van der Waals surface area contributed by atoms with Crippen LogP contribution in [0.25, 0.3) is 89.1 Å². The van der Waals surface area contributed by atoms with Crippen LogP contribution in [0.4, 0.5) is 0 Å². The van der Waals surface area contributed by atoms with Gasteiger partial charge in [-0.2, -0.15) is 0 Å². The van der Waals surface area contributed by atoms with Gasteiger partial charge in [0.25, 0.3) is 0 Å². The molecule has 47 heavy (non-hydrogen) atoms. The highest BCUT2D eigenvalue weighted by Crippen LogP contribution is 2.37. The van der Waals surface area contributed by atoms with Crippen molar-refractivity contribution in [2.45, 2.75) is 0 Å². The quantitative estimate of drug-likeness (QED) is 0.197. The Balaban J connectivity index is 1.20. The Morgan fingerprint density at radius 2 is 0.766 bits per heavy atom. The molecule has 4 heteroatoms. The number of nitrogens with zero attached hydrogens (tertiary/aromatic N) is 3. The lowest BCUT2D eigenvalue weighted by atomic mass is 10.0. The van der Waals surface area contributed by atoms with E-state index in [2.05, 4.69) is 140 Å². The lowest BCUT2D eigenvalue weighted by Crippen LogP contribution is -2.00. The van der Waals surface area contributed by atoms with Gasteiger partial charge in [-0.3, -0.25) is 0 Å². The maximum absolute atomic E-state index is 6.20. The topological polar surface area (TPSA) is 51.8 Å². The Labute approximate surface area is 271 Å². The summed E-state index contributed by atoms with van der Waals surface area (Å²) >= 11 is 0. The Morgan fingerprint density at radius 1 is 0.319 bits per heavy atom. The summed E-state index contributed by atoms with van der Waals surface area (Å²) in [6, 6.07) is 56.4. The van der Waals surface area contributed by atoms with Gasteiger partial charge < -0.3 is 4.42 Å². The molecule has 9 rings (SSSR count). The van der Waals surface area contributed by atoms with Crippen LogP contribution >= 0.6 is 0 Å². The van der Waals surface area contributed by atoms with Gasteiger partial charge in [-0.15, -0.1) is 0 Å². The van der Waals surface area contributed by atoms with Crippen molar-refractivity contribution in [2.24, 2.45) is 0 Å². The largest absolute Gasteiger partial charge is 0.456 e. The SMILES string of the molecule is c1ccc(-c2ccc(-c3nc(-c4ccc(-c5ccccc5)cc4)nc(-c4ccc5ccc6oc7ccccc7c6c5c4)n3)cc2)cc1. The van der Waals surface area contributed by atoms with E-state index < -0.39 is 0 Å². The van der Waals surface area contributed by atoms with Gasteiger partial charge >= 0.3 is 0 Å². The van der Waals surface area contributed by atoms with Crippen molar-refractivity contribution in [1.82, 2.24) is 15.0 Å². The first-order valence-corrected chi connectivity index (χ1v) is 15.7. The van der Waals surface area contributed by atoms with Crippen molar-refractivity contribution in [1.29, 1.82) is 0 Å². The summed E-state index contributed by atoms with van der Waals surface area (Å²) in [5.74, 6) is 1.88. The van der Waals surface area contributed by atoms with Gasteiger partial charge in [-0.05, 0) is 51.2 Å². The molecule has 0 aliphatic heterocycles. The van der Waals surface area contributed by atoms with Crippen LogP contribution in [-0.2, 0) is 0 Å². The van der Waals surface area contributed by atoms with E-state index in [1.165, 1.54) is 11.1 Å². The standard InChI is InChI=1S/C43H27N3O/c1-3-9-28(10-4-1)30-15-20-33(21-16-30)41-44-42(34-22-17-31(18-23-34)29-11-5-2-6-12-29)46-43(45-41)35-24-19-32-25-26-39-40(37(32)27-35)36-13-7-8-14-38(36)47-39/h1-27H. The molecule has 4 nitrogen and oxygen atoms in total. The predicted molar refractivity (Wildman–Crippen MR) is 192 cm³/mol. The average molecular weight is 602 g/mol. The van der Waals surface area contributed by atoms with Crippen LogP contribution < -0.4 is 0 Å². The van der Waals surface area contributed by atoms with Crippen LogP contribution in [0.2, 0.25) is 0 Å².